The van der Waals surface area contributed by atoms with Gasteiger partial charge in [-0.25, -0.2) is 0 Å². The lowest BCUT2D eigenvalue weighted by molar-refractivity contribution is 1.13. The second-order valence-electron chi connectivity index (χ2n) is 4.20. The fraction of sp³-hybridized carbons (Fsp3) is 0.125. The highest BCUT2D eigenvalue weighted by atomic mass is 35.5. The largest absolute Gasteiger partial charge is 0.378 e. The maximum Gasteiger partial charge on any atom is 0.0406 e. The Morgan fingerprint density at radius 3 is 1.67 bits per heavy atom. The molecule has 1 nitrogen and oxygen atoms in total. The summed E-state index contributed by atoms with van der Waals surface area (Å²) in [5.74, 6) is 6.25. The molecule has 2 heteroatoms. The molecule has 0 aliphatic heterocycles. The van der Waals surface area contributed by atoms with Gasteiger partial charge in [0.05, 0.1) is 0 Å². The molecule has 0 amide bonds. The number of hydrogen-bond donors (Lipinski definition) is 0. The van der Waals surface area contributed by atoms with E-state index in [-0.39, 0.29) is 0 Å². The minimum Gasteiger partial charge on any atom is -0.378 e. The zero-order chi connectivity index (χ0) is 13.0. The van der Waals surface area contributed by atoms with Crippen LogP contribution in [0.15, 0.2) is 48.5 Å². The molecule has 0 fully saturated rings. The summed E-state index contributed by atoms with van der Waals surface area (Å²) in [6.07, 6.45) is 0. The smallest absolute Gasteiger partial charge is 0.0406 e. The number of hydrogen-bond acceptors (Lipinski definition) is 1. The van der Waals surface area contributed by atoms with Crippen molar-refractivity contribution in [3.63, 3.8) is 0 Å². The van der Waals surface area contributed by atoms with Gasteiger partial charge in [-0.15, -0.1) is 0 Å². The van der Waals surface area contributed by atoms with Crippen LogP contribution >= 0.6 is 11.6 Å². The lowest BCUT2D eigenvalue weighted by Crippen LogP contribution is -2.07. The van der Waals surface area contributed by atoms with Crippen LogP contribution in [0.3, 0.4) is 0 Å². The molecule has 0 bridgehead atoms. The molecule has 0 aromatic heterocycles. The van der Waals surface area contributed by atoms with Crippen LogP contribution < -0.4 is 4.90 Å². The van der Waals surface area contributed by atoms with Crippen LogP contribution in [0.5, 0.6) is 0 Å². The monoisotopic (exact) mass is 255 g/mol. The Hall–Kier alpha value is -1.91. The van der Waals surface area contributed by atoms with Gasteiger partial charge in [-0.1, -0.05) is 23.4 Å². The lowest BCUT2D eigenvalue weighted by atomic mass is 10.1. The van der Waals surface area contributed by atoms with Gasteiger partial charge < -0.3 is 4.90 Å². The molecule has 0 radical (unpaired) electrons. The minimum atomic E-state index is 0.732. The van der Waals surface area contributed by atoms with E-state index >= 15 is 0 Å². The van der Waals surface area contributed by atoms with Crippen LogP contribution in [-0.2, 0) is 0 Å². The number of nitrogens with zero attached hydrogens (tertiary/aromatic N) is 1. The summed E-state index contributed by atoms with van der Waals surface area (Å²) >= 11 is 5.82. The van der Waals surface area contributed by atoms with E-state index in [1.54, 1.807) is 0 Å². The molecule has 0 aliphatic carbocycles. The molecular weight excluding hydrogens is 242 g/mol. The second-order valence-corrected chi connectivity index (χ2v) is 4.63. The van der Waals surface area contributed by atoms with Crippen molar-refractivity contribution in [2.45, 2.75) is 0 Å². The molecule has 90 valence electrons. The highest BCUT2D eigenvalue weighted by Crippen LogP contribution is 2.12. The topological polar surface area (TPSA) is 3.24 Å². The lowest BCUT2D eigenvalue weighted by Gasteiger charge is -2.11. The van der Waals surface area contributed by atoms with Gasteiger partial charge in [0.1, 0.15) is 0 Å². The van der Waals surface area contributed by atoms with E-state index in [4.69, 9.17) is 11.6 Å². The van der Waals surface area contributed by atoms with Gasteiger partial charge in [0.25, 0.3) is 0 Å². The van der Waals surface area contributed by atoms with Crippen LogP contribution in [0.4, 0.5) is 5.69 Å². The molecule has 0 heterocycles. The van der Waals surface area contributed by atoms with Crippen LogP contribution in [-0.4, -0.2) is 14.1 Å². The Labute approximate surface area is 113 Å². The van der Waals surface area contributed by atoms with Gasteiger partial charge in [-0.3, -0.25) is 0 Å². The van der Waals surface area contributed by atoms with E-state index in [0.717, 1.165) is 16.1 Å². The van der Waals surface area contributed by atoms with Crippen LogP contribution in [0.2, 0.25) is 5.02 Å². The first-order chi connectivity index (χ1) is 8.65. The van der Waals surface area contributed by atoms with E-state index in [1.807, 2.05) is 50.5 Å². The Morgan fingerprint density at radius 1 is 0.778 bits per heavy atom. The number of benzene rings is 2. The van der Waals surface area contributed by atoms with Gasteiger partial charge in [0.2, 0.25) is 0 Å². The maximum atomic E-state index is 5.82. The summed E-state index contributed by atoms with van der Waals surface area (Å²) in [6, 6.07) is 15.7. The number of rotatable bonds is 1. The van der Waals surface area contributed by atoms with Crippen molar-refractivity contribution < 1.29 is 0 Å². The Bertz CT molecular complexity index is 571. The third-order valence-electron chi connectivity index (χ3n) is 2.58. The fourth-order valence-electron chi connectivity index (χ4n) is 1.52. The van der Waals surface area contributed by atoms with Crippen molar-refractivity contribution in [3.05, 3.63) is 64.7 Å². The maximum absolute atomic E-state index is 5.82. The summed E-state index contributed by atoms with van der Waals surface area (Å²) in [7, 11) is 4.04. The first-order valence-corrected chi connectivity index (χ1v) is 6.08. The summed E-state index contributed by atoms with van der Waals surface area (Å²) < 4.78 is 0. The van der Waals surface area contributed by atoms with Crippen molar-refractivity contribution in [2.75, 3.05) is 19.0 Å². The normalized spacial score (nSPS) is 9.50. The van der Waals surface area contributed by atoms with Crippen molar-refractivity contribution >= 4 is 17.3 Å². The number of halogens is 1. The predicted molar refractivity (Wildman–Crippen MR) is 78.2 cm³/mol. The molecule has 0 saturated heterocycles. The second kappa shape index (κ2) is 5.62. The van der Waals surface area contributed by atoms with Crippen LogP contribution in [0.25, 0.3) is 0 Å². The SMILES string of the molecule is CN(C)c1ccc(C#Cc2ccc(Cl)cc2)cc1. The average Bonchev–Trinajstić information content (AvgIpc) is 2.38. The highest BCUT2D eigenvalue weighted by Gasteiger charge is 1.93. The molecule has 0 spiro atoms. The van der Waals surface area contributed by atoms with Gasteiger partial charge >= 0.3 is 0 Å². The zero-order valence-electron chi connectivity index (χ0n) is 10.4. The molecule has 2 aromatic rings. The molecule has 2 rings (SSSR count). The Kier molecular flexibility index (Phi) is 3.92. The standard InChI is InChI=1S/C16H14ClN/c1-18(2)16-11-7-14(8-12-16)4-3-13-5-9-15(17)10-6-13/h5-12H,1-2H3. The van der Waals surface area contributed by atoms with Gasteiger partial charge in [-0.2, -0.15) is 0 Å². The Morgan fingerprint density at radius 2 is 1.22 bits per heavy atom. The quantitative estimate of drug-likeness (QED) is 0.701. The molecule has 0 unspecified atom stereocenters. The molecule has 0 atom stereocenters. The molecule has 0 aliphatic rings. The van der Waals surface area contributed by atoms with Gasteiger partial charge in [0, 0.05) is 35.9 Å². The van der Waals surface area contributed by atoms with Gasteiger partial charge in [0.15, 0.2) is 0 Å². The minimum absolute atomic E-state index is 0.732. The van der Waals surface area contributed by atoms with Crippen LogP contribution in [0.1, 0.15) is 11.1 Å². The fourth-order valence-corrected chi connectivity index (χ4v) is 1.65. The van der Waals surface area contributed by atoms with Crippen molar-refractivity contribution in [2.24, 2.45) is 0 Å². The van der Waals surface area contributed by atoms with Crippen LogP contribution in [0, 0.1) is 11.8 Å². The van der Waals surface area contributed by atoms with E-state index in [2.05, 4.69) is 28.9 Å². The average molecular weight is 256 g/mol. The molecule has 18 heavy (non-hydrogen) atoms. The van der Waals surface area contributed by atoms with Crippen molar-refractivity contribution in [3.8, 4) is 11.8 Å². The van der Waals surface area contributed by atoms with Gasteiger partial charge in [-0.05, 0) is 48.5 Å². The van der Waals surface area contributed by atoms with Crippen molar-refractivity contribution in [1.29, 1.82) is 0 Å². The zero-order valence-corrected chi connectivity index (χ0v) is 11.2. The summed E-state index contributed by atoms with van der Waals surface area (Å²) in [5, 5.41) is 0.732. The van der Waals surface area contributed by atoms with Crippen molar-refractivity contribution in [1.82, 2.24) is 0 Å². The third kappa shape index (κ3) is 3.29. The molecular formula is C16H14ClN. The summed E-state index contributed by atoms with van der Waals surface area (Å²) in [5.41, 5.74) is 3.15. The molecule has 0 N–H and O–H groups in total. The first-order valence-electron chi connectivity index (χ1n) is 5.70. The first kappa shape index (κ1) is 12.5. The summed E-state index contributed by atoms with van der Waals surface area (Å²) in [6.45, 7) is 0. The molecule has 0 saturated carbocycles. The van der Waals surface area contributed by atoms with E-state index in [0.29, 0.717) is 0 Å². The van der Waals surface area contributed by atoms with E-state index in [9.17, 15) is 0 Å². The third-order valence-corrected chi connectivity index (χ3v) is 2.83. The van der Waals surface area contributed by atoms with E-state index in [1.165, 1.54) is 5.69 Å². The molecule has 2 aromatic carbocycles. The number of anilines is 1. The highest BCUT2D eigenvalue weighted by molar-refractivity contribution is 6.30. The Balaban J connectivity index is 2.17. The van der Waals surface area contributed by atoms with E-state index < -0.39 is 0 Å². The summed E-state index contributed by atoms with van der Waals surface area (Å²) in [4.78, 5) is 2.07. The predicted octanol–water partition coefficient (Wildman–Crippen LogP) is 3.81.